The molecule has 0 spiro atoms. The number of rotatable bonds is 8. The number of carbonyl (C=O) groups is 2. The molecule has 0 heterocycles. The van der Waals surface area contributed by atoms with E-state index < -0.39 is 40.4 Å². The zero-order valence-electron chi connectivity index (χ0n) is 16.8. The van der Waals surface area contributed by atoms with Crippen LogP contribution < -0.4 is 10.6 Å². The Morgan fingerprint density at radius 3 is 2.04 bits per heavy atom. The van der Waals surface area contributed by atoms with Gasteiger partial charge in [-0.15, -0.1) is 10.1 Å². The summed E-state index contributed by atoms with van der Waals surface area (Å²) in [6, 6.07) is -1.44. The van der Waals surface area contributed by atoms with Crippen molar-refractivity contribution in [1.82, 2.24) is 10.6 Å². The molecular formula is C16H29N3O7S. The van der Waals surface area contributed by atoms with Crippen molar-refractivity contribution in [3.05, 3.63) is 10.1 Å². The summed E-state index contributed by atoms with van der Waals surface area (Å²) in [7, 11) is 0. The molecule has 0 rings (SSSR count). The molecule has 10 nitrogen and oxygen atoms in total. The fraction of sp³-hybridized carbons (Fsp3) is 0.812. The van der Waals surface area contributed by atoms with Crippen LogP contribution in [0.3, 0.4) is 0 Å². The Kier molecular flexibility index (Phi) is 9.42. The van der Waals surface area contributed by atoms with E-state index in [-0.39, 0.29) is 18.0 Å². The molecule has 0 bridgehead atoms. The molecule has 1 unspecified atom stereocenters. The molecule has 0 aliphatic rings. The van der Waals surface area contributed by atoms with Gasteiger partial charge in [-0.25, -0.2) is 4.79 Å². The van der Waals surface area contributed by atoms with Crippen molar-refractivity contribution in [3.8, 4) is 0 Å². The second kappa shape index (κ2) is 10.2. The fourth-order valence-electron chi connectivity index (χ4n) is 1.77. The highest BCUT2D eigenvalue weighted by molar-refractivity contribution is 7.80. The SMILES string of the molecule is CC(CO[N+](=O)[O-])NC(=S)[C@@H](CC(=O)OC(C)(C)C)NC(=O)OC(C)(C)C. The van der Waals surface area contributed by atoms with Crippen molar-refractivity contribution in [2.24, 2.45) is 0 Å². The molecule has 27 heavy (non-hydrogen) atoms. The second-order valence-electron chi connectivity index (χ2n) is 7.92. The largest absolute Gasteiger partial charge is 0.460 e. The van der Waals surface area contributed by atoms with E-state index in [1.54, 1.807) is 48.5 Å². The topological polar surface area (TPSA) is 129 Å². The highest BCUT2D eigenvalue weighted by Gasteiger charge is 2.27. The van der Waals surface area contributed by atoms with Gasteiger partial charge in [0.05, 0.1) is 17.5 Å². The third-order valence-electron chi connectivity index (χ3n) is 2.62. The van der Waals surface area contributed by atoms with Gasteiger partial charge in [-0.05, 0) is 48.5 Å². The number of amides is 1. The van der Waals surface area contributed by atoms with Crippen molar-refractivity contribution in [1.29, 1.82) is 0 Å². The molecule has 0 radical (unpaired) electrons. The Morgan fingerprint density at radius 1 is 1.07 bits per heavy atom. The van der Waals surface area contributed by atoms with Gasteiger partial charge in [0.1, 0.15) is 17.8 Å². The van der Waals surface area contributed by atoms with Crippen LogP contribution in [-0.2, 0) is 19.1 Å². The van der Waals surface area contributed by atoms with Gasteiger partial charge >= 0.3 is 12.1 Å². The van der Waals surface area contributed by atoms with E-state index in [0.717, 1.165) is 0 Å². The standard InChI is InChI=1S/C16H29N3O7S/c1-10(9-24-19(22)23)17-13(27)11(8-12(20)25-15(2,3)4)18-14(21)26-16(5,6)7/h10-11H,8-9H2,1-7H3,(H,17,27)(H,18,21)/t10?,11-/m1/s1. The quantitative estimate of drug-likeness (QED) is 0.269. The van der Waals surface area contributed by atoms with Crippen LogP contribution in [-0.4, -0.2) is 52.0 Å². The summed E-state index contributed by atoms with van der Waals surface area (Å²) in [5, 5.41) is 14.7. The van der Waals surface area contributed by atoms with E-state index in [1.807, 2.05) is 0 Å². The monoisotopic (exact) mass is 407 g/mol. The van der Waals surface area contributed by atoms with Crippen molar-refractivity contribution in [2.75, 3.05) is 6.61 Å². The first kappa shape index (κ1) is 24.8. The molecule has 0 aromatic carbocycles. The number of ether oxygens (including phenoxy) is 2. The highest BCUT2D eigenvalue weighted by Crippen LogP contribution is 2.11. The molecule has 2 N–H and O–H groups in total. The van der Waals surface area contributed by atoms with Crippen molar-refractivity contribution in [2.45, 2.75) is 78.2 Å². The molecule has 0 saturated carbocycles. The van der Waals surface area contributed by atoms with Crippen LogP contribution in [0.1, 0.15) is 54.9 Å². The average Bonchev–Trinajstić information content (AvgIpc) is 2.40. The molecule has 0 aromatic rings. The summed E-state index contributed by atoms with van der Waals surface area (Å²) in [4.78, 5) is 38.8. The maximum absolute atomic E-state index is 12.1. The molecule has 156 valence electrons. The van der Waals surface area contributed by atoms with Crippen LogP contribution in [0, 0.1) is 10.1 Å². The summed E-state index contributed by atoms with van der Waals surface area (Å²) < 4.78 is 10.4. The first-order chi connectivity index (χ1) is 12.1. The third kappa shape index (κ3) is 13.7. The van der Waals surface area contributed by atoms with Crippen LogP contribution in [0.4, 0.5) is 4.79 Å². The highest BCUT2D eigenvalue weighted by atomic mass is 32.1. The molecule has 0 aliphatic heterocycles. The van der Waals surface area contributed by atoms with Crippen LogP contribution in [0.25, 0.3) is 0 Å². The number of hydrogen-bond donors (Lipinski definition) is 2. The van der Waals surface area contributed by atoms with Gasteiger partial charge in [0, 0.05) is 6.04 Å². The van der Waals surface area contributed by atoms with Crippen LogP contribution in [0.15, 0.2) is 0 Å². The van der Waals surface area contributed by atoms with Gasteiger partial charge < -0.3 is 24.9 Å². The number of nitrogens with one attached hydrogen (secondary N) is 2. The maximum atomic E-state index is 12.1. The van der Waals surface area contributed by atoms with E-state index in [1.165, 1.54) is 0 Å². The average molecular weight is 407 g/mol. The van der Waals surface area contributed by atoms with Gasteiger partial charge in [0.2, 0.25) is 0 Å². The van der Waals surface area contributed by atoms with E-state index in [9.17, 15) is 19.7 Å². The minimum absolute atomic E-state index is 0.103. The van der Waals surface area contributed by atoms with Gasteiger partial charge in [0.15, 0.2) is 0 Å². The Bertz CT molecular complexity index is 525. The zero-order chi connectivity index (χ0) is 21.4. The summed E-state index contributed by atoms with van der Waals surface area (Å²) in [6.07, 6.45) is -0.986. The molecule has 0 aliphatic carbocycles. The van der Waals surface area contributed by atoms with Gasteiger partial charge in [-0.3, -0.25) is 4.79 Å². The van der Waals surface area contributed by atoms with Crippen molar-refractivity contribution in [3.63, 3.8) is 0 Å². The predicted molar refractivity (Wildman–Crippen MR) is 102 cm³/mol. The molecule has 0 fully saturated rings. The van der Waals surface area contributed by atoms with Crippen molar-refractivity contribution < 1.29 is 29.0 Å². The van der Waals surface area contributed by atoms with E-state index >= 15 is 0 Å². The lowest BCUT2D eigenvalue weighted by Gasteiger charge is -2.26. The normalized spacial score (nSPS) is 13.7. The lowest BCUT2D eigenvalue weighted by atomic mass is 10.1. The van der Waals surface area contributed by atoms with Crippen molar-refractivity contribution >= 4 is 29.3 Å². The summed E-state index contributed by atoms with van der Waals surface area (Å²) >= 11 is 5.24. The number of thiocarbonyl (C=S) groups is 1. The van der Waals surface area contributed by atoms with Gasteiger partial charge in [-0.1, -0.05) is 12.2 Å². The Balaban J connectivity index is 5.04. The minimum atomic E-state index is -0.918. The lowest BCUT2D eigenvalue weighted by molar-refractivity contribution is -0.758. The Labute approximate surface area is 164 Å². The Hall–Kier alpha value is -2.17. The van der Waals surface area contributed by atoms with Gasteiger partial charge in [0.25, 0.3) is 5.09 Å². The molecule has 1 amide bonds. The summed E-state index contributed by atoms with van der Waals surface area (Å²) in [6.45, 7) is 11.6. The fourth-order valence-corrected chi connectivity index (χ4v) is 2.11. The van der Waals surface area contributed by atoms with Gasteiger partial charge in [-0.2, -0.15) is 0 Å². The maximum Gasteiger partial charge on any atom is 0.408 e. The van der Waals surface area contributed by atoms with Crippen LogP contribution >= 0.6 is 12.2 Å². The molecule has 2 atom stereocenters. The van der Waals surface area contributed by atoms with E-state index in [0.29, 0.717) is 0 Å². The minimum Gasteiger partial charge on any atom is -0.460 e. The summed E-state index contributed by atoms with van der Waals surface area (Å²) in [5.74, 6) is -0.568. The predicted octanol–water partition coefficient (Wildman–Crippen LogP) is 2.13. The smallest absolute Gasteiger partial charge is 0.408 e. The molecule has 11 heteroatoms. The zero-order valence-corrected chi connectivity index (χ0v) is 17.6. The Morgan fingerprint density at radius 2 is 1.59 bits per heavy atom. The number of nitrogens with zero attached hydrogens (tertiary/aromatic N) is 1. The van der Waals surface area contributed by atoms with E-state index in [2.05, 4.69) is 15.5 Å². The number of esters is 1. The lowest BCUT2D eigenvalue weighted by Crippen LogP contribution is -2.51. The second-order valence-corrected chi connectivity index (χ2v) is 8.36. The van der Waals surface area contributed by atoms with Crippen LogP contribution in [0.5, 0.6) is 0 Å². The first-order valence-electron chi connectivity index (χ1n) is 8.38. The van der Waals surface area contributed by atoms with E-state index in [4.69, 9.17) is 21.7 Å². The third-order valence-corrected chi connectivity index (χ3v) is 3.02. The summed E-state index contributed by atoms with van der Waals surface area (Å²) in [5.41, 5.74) is -1.43. The number of carbonyl (C=O) groups excluding carboxylic acids is 2. The first-order valence-corrected chi connectivity index (χ1v) is 8.79. The number of hydrogen-bond acceptors (Lipinski definition) is 8. The molecule has 0 aromatic heterocycles. The molecular weight excluding hydrogens is 378 g/mol. The number of alkyl carbamates (subject to hydrolysis) is 1. The van der Waals surface area contributed by atoms with Crippen LogP contribution in [0.2, 0.25) is 0 Å². The molecule has 0 saturated heterocycles.